The van der Waals surface area contributed by atoms with Crippen molar-refractivity contribution < 1.29 is 14.3 Å². The number of benzene rings is 1. The van der Waals surface area contributed by atoms with Crippen LogP contribution in [-0.2, 0) is 11.2 Å². The number of carbonyl (C=O) groups is 1. The molecule has 0 bridgehead atoms. The van der Waals surface area contributed by atoms with E-state index in [1.54, 1.807) is 14.2 Å². The second-order valence-electron chi connectivity index (χ2n) is 5.00. The second kappa shape index (κ2) is 6.97. The highest BCUT2D eigenvalue weighted by Crippen LogP contribution is 2.28. The molecule has 0 aromatic heterocycles. The first kappa shape index (κ1) is 15.2. The van der Waals surface area contributed by atoms with Gasteiger partial charge in [0.25, 0.3) is 0 Å². The van der Waals surface area contributed by atoms with E-state index in [4.69, 9.17) is 9.47 Å². The van der Waals surface area contributed by atoms with Gasteiger partial charge in [0.15, 0.2) is 11.5 Å². The number of alkyl halides is 1. The fourth-order valence-electron chi connectivity index (χ4n) is 2.47. The van der Waals surface area contributed by atoms with Gasteiger partial charge in [0, 0.05) is 24.8 Å². The van der Waals surface area contributed by atoms with E-state index in [9.17, 15) is 4.79 Å². The van der Waals surface area contributed by atoms with Gasteiger partial charge < -0.3 is 14.4 Å². The largest absolute Gasteiger partial charge is 0.493 e. The van der Waals surface area contributed by atoms with Gasteiger partial charge in [-0.2, -0.15) is 0 Å². The molecule has 1 atom stereocenters. The number of halogens is 1. The van der Waals surface area contributed by atoms with Crippen LogP contribution in [0.1, 0.15) is 12.0 Å². The number of ether oxygens (including phenoxy) is 2. The first-order chi connectivity index (χ1) is 9.67. The Labute approximate surface area is 128 Å². The van der Waals surface area contributed by atoms with Crippen molar-refractivity contribution in [3.63, 3.8) is 0 Å². The van der Waals surface area contributed by atoms with Gasteiger partial charge in [-0.1, -0.05) is 22.0 Å². The van der Waals surface area contributed by atoms with Crippen LogP contribution >= 0.6 is 15.9 Å². The minimum atomic E-state index is 0.259. The molecule has 4 nitrogen and oxygen atoms in total. The Morgan fingerprint density at radius 2 is 2.05 bits per heavy atom. The van der Waals surface area contributed by atoms with Crippen molar-refractivity contribution in [3.05, 3.63) is 23.8 Å². The van der Waals surface area contributed by atoms with Crippen molar-refractivity contribution in [3.8, 4) is 11.5 Å². The van der Waals surface area contributed by atoms with E-state index in [0.29, 0.717) is 12.3 Å². The Morgan fingerprint density at radius 1 is 1.30 bits per heavy atom. The molecule has 0 spiro atoms. The molecule has 20 heavy (non-hydrogen) atoms. The van der Waals surface area contributed by atoms with Gasteiger partial charge in [-0.3, -0.25) is 4.79 Å². The fraction of sp³-hybridized carbons (Fsp3) is 0.533. The van der Waals surface area contributed by atoms with Crippen LogP contribution in [0.4, 0.5) is 0 Å². The third-order valence-corrected chi connectivity index (χ3v) is 4.55. The molecule has 0 N–H and O–H groups in total. The summed E-state index contributed by atoms with van der Waals surface area (Å²) >= 11 is 3.45. The molecule has 1 fully saturated rings. The molecule has 5 heteroatoms. The number of nitrogens with zero attached hydrogens (tertiary/aromatic N) is 1. The SMILES string of the molecule is COc1ccc(CCN2CC(CBr)CC2=O)cc1OC. The molecule has 0 aliphatic carbocycles. The Balaban J connectivity index is 1.96. The first-order valence-electron chi connectivity index (χ1n) is 6.72. The van der Waals surface area contributed by atoms with Gasteiger partial charge >= 0.3 is 0 Å². The maximum Gasteiger partial charge on any atom is 0.222 e. The minimum absolute atomic E-state index is 0.259. The van der Waals surface area contributed by atoms with E-state index >= 15 is 0 Å². The van der Waals surface area contributed by atoms with Gasteiger partial charge in [-0.05, 0) is 30.0 Å². The molecule has 0 saturated carbocycles. The van der Waals surface area contributed by atoms with E-state index in [1.165, 1.54) is 0 Å². The number of hydrogen-bond acceptors (Lipinski definition) is 3. The van der Waals surface area contributed by atoms with Gasteiger partial charge in [0.1, 0.15) is 0 Å². The number of methoxy groups -OCH3 is 2. The molecule has 1 amide bonds. The van der Waals surface area contributed by atoms with Crippen LogP contribution < -0.4 is 9.47 Å². The van der Waals surface area contributed by atoms with E-state index in [2.05, 4.69) is 15.9 Å². The molecule has 0 radical (unpaired) electrons. The standard InChI is InChI=1S/C15H20BrNO3/c1-19-13-4-3-11(7-14(13)20-2)5-6-17-10-12(9-16)8-15(17)18/h3-4,7,12H,5-6,8-10H2,1-2H3. The normalized spacial score (nSPS) is 18.4. The maximum atomic E-state index is 11.8. The minimum Gasteiger partial charge on any atom is -0.493 e. The van der Waals surface area contributed by atoms with Crippen LogP contribution in [0.25, 0.3) is 0 Å². The molecule has 1 aliphatic heterocycles. The Kier molecular flexibility index (Phi) is 5.29. The van der Waals surface area contributed by atoms with Crippen LogP contribution in [0.5, 0.6) is 11.5 Å². The summed E-state index contributed by atoms with van der Waals surface area (Å²) in [5.41, 5.74) is 1.15. The zero-order valence-electron chi connectivity index (χ0n) is 11.9. The zero-order chi connectivity index (χ0) is 14.5. The lowest BCUT2D eigenvalue weighted by molar-refractivity contribution is -0.127. The molecule has 1 saturated heterocycles. The predicted molar refractivity (Wildman–Crippen MR) is 81.7 cm³/mol. The predicted octanol–water partition coefficient (Wildman–Crippen LogP) is 2.49. The number of hydrogen-bond donors (Lipinski definition) is 0. The summed E-state index contributed by atoms with van der Waals surface area (Å²) in [6, 6.07) is 5.90. The molecule has 1 aliphatic rings. The molecule has 1 unspecified atom stereocenters. The molecule has 1 aromatic rings. The quantitative estimate of drug-likeness (QED) is 0.746. The highest BCUT2D eigenvalue weighted by Gasteiger charge is 2.28. The lowest BCUT2D eigenvalue weighted by Crippen LogP contribution is -2.27. The zero-order valence-corrected chi connectivity index (χ0v) is 13.5. The van der Waals surface area contributed by atoms with E-state index in [0.717, 1.165) is 41.9 Å². The number of amides is 1. The van der Waals surface area contributed by atoms with Crippen molar-refractivity contribution in [1.29, 1.82) is 0 Å². The molecule has 2 rings (SSSR count). The first-order valence-corrected chi connectivity index (χ1v) is 7.84. The average Bonchev–Trinajstić information content (AvgIpc) is 2.85. The van der Waals surface area contributed by atoms with Crippen LogP contribution in [0.15, 0.2) is 18.2 Å². The number of carbonyl (C=O) groups excluding carboxylic acids is 1. The highest BCUT2D eigenvalue weighted by atomic mass is 79.9. The summed E-state index contributed by atoms with van der Waals surface area (Å²) in [7, 11) is 3.26. The second-order valence-corrected chi connectivity index (χ2v) is 5.65. The van der Waals surface area contributed by atoms with Crippen molar-refractivity contribution >= 4 is 21.8 Å². The summed E-state index contributed by atoms with van der Waals surface area (Å²) in [4.78, 5) is 13.8. The van der Waals surface area contributed by atoms with E-state index in [1.807, 2.05) is 23.1 Å². The monoisotopic (exact) mass is 341 g/mol. The van der Waals surface area contributed by atoms with Crippen molar-refractivity contribution in [2.45, 2.75) is 12.8 Å². The molecule has 1 aromatic carbocycles. The maximum absolute atomic E-state index is 11.8. The van der Waals surface area contributed by atoms with E-state index < -0.39 is 0 Å². The molecule has 1 heterocycles. The summed E-state index contributed by atoms with van der Waals surface area (Å²) in [5.74, 6) is 2.17. The van der Waals surface area contributed by atoms with Gasteiger partial charge in [-0.25, -0.2) is 0 Å². The van der Waals surface area contributed by atoms with Crippen molar-refractivity contribution in [1.82, 2.24) is 4.90 Å². The Bertz CT molecular complexity index is 478. The van der Waals surface area contributed by atoms with Crippen LogP contribution in [0.3, 0.4) is 0 Å². The fourth-order valence-corrected chi connectivity index (χ4v) is 2.91. The van der Waals surface area contributed by atoms with Gasteiger partial charge in [0.05, 0.1) is 14.2 Å². The smallest absolute Gasteiger partial charge is 0.222 e. The van der Waals surface area contributed by atoms with E-state index in [-0.39, 0.29) is 5.91 Å². The third kappa shape index (κ3) is 3.45. The topological polar surface area (TPSA) is 38.8 Å². The van der Waals surface area contributed by atoms with Crippen molar-refractivity contribution in [2.75, 3.05) is 32.6 Å². The summed E-state index contributed by atoms with van der Waals surface area (Å²) in [5, 5.41) is 0.894. The van der Waals surface area contributed by atoms with Gasteiger partial charge in [-0.15, -0.1) is 0 Å². The number of rotatable bonds is 6. The van der Waals surface area contributed by atoms with Crippen LogP contribution in [-0.4, -0.2) is 43.4 Å². The third-order valence-electron chi connectivity index (χ3n) is 3.63. The van der Waals surface area contributed by atoms with Crippen LogP contribution in [0.2, 0.25) is 0 Å². The number of likely N-dealkylation sites (tertiary alicyclic amines) is 1. The average molecular weight is 342 g/mol. The molecular formula is C15H20BrNO3. The summed E-state index contributed by atoms with van der Waals surface area (Å²) < 4.78 is 10.5. The summed E-state index contributed by atoms with van der Waals surface area (Å²) in [6.45, 7) is 1.62. The van der Waals surface area contributed by atoms with Crippen molar-refractivity contribution in [2.24, 2.45) is 5.92 Å². The lowest BCUT2D eigenvalue weighted by Gasteiger charge is -2.17. The molecular weight excluding hydrogens is 322 g/mol. The Morgan fingerprint density at radius 3 is 2.65 bits per heavy atom. The highest BCUT2D eigenvalue weighted by molar-refractivity contribution is 9.09. The van der Waals surface area contributed by atoms with Crippen LogP contribution in [0, 0.1) is 5.92 Å². The Hall–Kier alpha value is -1.23. The lowest BCUT2D eigenvalue weighted by atomic mass is 10.1. The summed E-state index contributed by atoms with van der Waals surface area (Å²) in [6.07, 6.45) is 1.50. The van der Waals surface area contributed by atoms with Gasteiger partial charge in [0.2, 0.25) is 5.91 Å². The molecule has 110 valence electrons.